The molecule has 0 spiro atoms. The molecule has 0 fully saturated rings. The lowest BCUT2D eigenvalue weighted by molar-refractivity contribution is -0.142. The molecule has 19 heavy (non-hydrogen) atoms. The average molecular weight is 276 g/mol. The zero-order valence-corrected chi connectivity index (χ0v) is 10.8. The van der Waals surface area contributed by atoms with Crippen molar-refractivity contribution in [2.24, 2.45) is 0 Å². The number of rotatable bonds is 11. The fourth-order valence-electron chi connectivity index (χ4n) is 1.34. The molecule has 0 aliphatic heterocycles. The number of ether oxygens (including phenoxy) is 1. The molecule has 8 nitrogen and oxygen atoms in total. The number of hydrogen-bond acceptors (Lipinski definition) is 5. The third-order valence-corrected chi connectivity index (χ3v) is 2.29. The van der Waals surface area contributed by atoms with E-state index in [1.54, 1.807) is 0 Å². The molecule has 0 aliphatic rings. The maximum Gasteiger partial charge on any atom is 0.326 e. The molecule has 0 unspecified atom stereocenters. The summed E-state index contributed by atoms with van der Waals surface area (Å²) in [5.41, 5.74) is 0. The van der Waals surface area contributed by atoms with Gasteiger partial charge in [0.1, 0.15) is 6.04 Å². The molecule has 8 heteroatoms. The highest BCUT2D eigenvalue weighted by atomic mass is 16.5. The van der Waals surface area contributed by atoms with E-state index < -0.39 is 23.9 Å². The van der Waals surface area contributed by atoms with Crippen molar-refractivity contribution in [3.63, 3.8) is 0 Å². The smallest absolute Gasteiger partial charge is 0.326 e. The first-order valence-corrected chi connectivity index (χ1v) is 5.91. The highest BCUT2D eigenvalue weighted by Gasteiger charge is 2.19. The van der Waals surface area contributed by atoms with E-state index in [-0.39, 0.29) is 25.8 Å². The van der Waals surface area contributed by atoms with Crippen LogP contribution in [-0.2, 0) is 19.1 Å². The Kier molecular flexibility index (Phi) is 9.37. The molecule has 0 saturated carbocycles. The van der Waals surface area contributed by atoms with E-state index in [0.717, 1.165) is 0 Å². The molecule has 0 heterocycles. The van der Waals surface area contributed by atoms with Crippen LogP contribution in [0.3, 0.4) is 0 Å². The van der Waals surface area contributed by atoms with Crippen LogP contribution >= 0.6 is 0 Å². The van der Waals surface area contributed by atoms with E-state index in [1.807, 2.05) is 0 Å². The van der Waals surface area contributed by atoms with E-state index >= 15 is 0 Å². The minimum absolute atomic E-state index is 0.00787. The number of aliphatic carboxylic acids is 2. The van der Waals surface area contributed by atoms with Gasteiger partial charge in [0, 0.05) is 20.1 Å². The standard InChI is InChI=1S/C11H20N2O6/c1-19-6-5-12-7-9(14)13-8(11(17)18)3-2-4-10(15)16/h8,12H,2-7H2,1H3,(H,13,14)(H,15,16)(H,17,18)/t8-/m1/s1. The largest absolute Gasteiger partial charge is 0.481 e. The van der Waals surface area contributed by atoms with Crippen molar-refractivity contribution in [3.05, 3.63) is 0 Å². The summed E-state index contributed by atoms with van der Waals surface area (Å²) >= 11 is 0. The highest BCUT2D eigenvalue weighted by molar-refractivity contribution is 5.84. The normalized spacial score (nSPS) is 11.8. The molecule has 0 bridgehead atoms. The van der Waals surface area contributed by atoms with Gasteiger partial charge in [-0.05, 0) is 12.8 Å². The molecule has 0 saturated heterocycles. The number of hydrogen-bond donors (Lipinski definition) is 4. The number of amides is 1. The van der Waals surface area contributed by atoms with Gasteiger partial charge in [-0.15, -0.1) is 0 Å². The van der Waals surface area contributed by atoms with Crippen LogP contribution in [0, 0.1) is 0 Å². The minimum Gasteiger partial charge on any atom is -0.481 e. The monoisotopic (exact) mass is 276 g/mol. The summed E-state index contributed by atoms with van der Waals surface area (Å²) in [6.45, 7) is 0.932. The van der Waals surface area contributed by atoms with Crippen molar-refractivity contribution < 1.29 is 29.3 Å². The number of carboxylic acids is 2. The first kappa shape index (κ1) is 17.3. The molecule has 1 amide bonds. The lowest BCUT2D eigenvalue weighted by Gasteiger charge is -2.14. The zero-order valence-electron chi connectivity index (χ0n) is 10.8. The van der Waals surface area contributed by atoms with E-state index in [2.05, 4.69) is 10.6 Å². The van der Waals surface area contributed by atoms with Crippen molar-refractivity contribution in [1.29, 1.82) is 0 Å². The Hall–Kier alpha value is -1.67. The summed E-state index contributed by atoms with van der Waals surface area (Å²) in [6, 6.07) is -1.06. The summed E-state index contributed by atoms with van der Waals surface area (Å²) < 4.78 is 4.77. The van der Waals surface area contributed by atoms with Crippen LogP contribution < -0.4 is 10.6 Å². The summed E-state index contributed by atoms with van der Waals surface area (Å²) in [6.07, 6.45) is 0.168. The van der Waals surface area contributed by atoms with E-state index in [0.29, 0.717) is 13.2 Å². The number of methoxy groups -OCH3 is 1. The number of carbonyl (C=O) groups excluding carboxylic acids is 1. The van der Waals surface area contributed by atoms with Gasteiger partial charge in [0.05, 0.1) is 13.2 Å². The number of carbonyl (C=O) groups is 3. The predicted molar refractivity (Wildman–Crippen MR) is 65.8 cm³/mol. The average Bonchev–Trinajstić information content (AvgIpc) is 2.33. The number of nitrogens with one attached hydrogen (secondary N) is 2. The van der Waals surface area contributed by atoms with Gasteiger partial charge in [-0.3, -0.25) is 9.59 Å². The topological polar surface area (TPSA) is 125 Å². The molecule has 4 N–H and O–H groups in total. The van der Waals surface area contributed by atoms with Gasteiger partial charge >= 0.3 is 11.9 Å². The van der Waals surface area contributed by atoms with Gasteiger partial charge in [0.2, 0.25) is 5.91 Å². The lowest BCUT2D eigenvalue weighted by atomic mass is 10.1. The van der Waals surface area contributed by atoms with Crippen LogP contribution in [0.4, 0.5) is 0 Å². The molecule has 0 rings (SSSR count). The molecule has 0 aromatic heterocycles. The van der Waals surface area contributed by atoms with Gasteiger partial charge in [-0.1, -0.05) is 0 Å². The molecular formula is C11H20N2O6. The summed E-state index contributed by atoms with van der Waals surface area (Å²) in [7, 11) is 1.53. The minimum atomic E-state index is -1.17. The Bertz CT molecular complexity index is 308. The molecule has 0 aliphatic carbocycles. The van der Waals surface area contributed by atoms with E-state index in [1.165, 1.54) is 7.11 Å². The molecule has 0 aromatic carbocycles. The van der Waals surface area contributed by atoms with Crippen LogP contribution in [0.1, 0.15) is 19.3 Å². The molecular weight excluding hydrogens is 256 g/mol. The van der Waals surface area contributed by atoms with Gasteiger partial charge < -0.3 is 25.6 Å². The van der Waals surface area contributed by atoms with Gasteiger partial charge in [0.25, 0.3) is 0 Å². The molecule has 0 radical (unpaired) electrons. The number of carboxylic acid groups (broad SMARTS) is 2. The second-order valence-electron chi connectivity index (χ2n) is 3.91. The first-order valence-electron chi connectivity index (χ1n) is 5.91. The van der Waals surface area contributed by atoms with Crippen molar-refractivity contribution in [1.82, 2.24) is 10.6 Å². The predicted octanol–water partition coefficient (Wildman–Crippen LogP) is -0.953. The van der Waals surface area contributed by atoms with E-state index in [4.69, 9.17) is 14.9 Å². The SMILES string of the molecule is COCCNCC(=O)N[C@H](CCCC(=O)O)C(=O)O. The fourth-order valence-corrected chi connectivity index (χ4v) is 1.34. The third kappa shape index (κ3) is 9.98. The van der Waals surface area contributed by atoms with Crippen molar-refractivity contribution in [2.45, 2.75) is 25.3 Å². The van der Waals surface area contributed by atoms with Crippen molar-refractivity contribution in [2.75, 3.05) is 26.8 Å². The van der Waals surface area contributed by atoms with E-state index in [9.17, 15) is 14.4 Å². The second kappa shape index (κ2) is 10.3. The van der Waals surface area contributed by atoms with Crippen LogP contribution in [0.25, 0.3) is 0 Å². The quantitative estimate of drug-likeness (QED) is 0.358. The fraction of sp³-hybridized carbons (Fsp3) is 0.727. The Morgan fingerprint density at radius 3 is 2.47 bits per heavy atom. The van der Waals surface area contributed by atoms with Crippen LogP contribution in [0.2, 0.25) is 0 Å². The maximum absolute atomic E-state index is 11.4. The van der Waals surface area contributed by atoms with Crippen molar-refractivity contribution in [3.8, 4) is 0 Å². The zero-order chi connectivity index (χ0) is 14.7. The first-order chi connectivity index (χ1) is 8.97. The summed E-state index contributed by atoms with van der Waals surface area (Å²) in [4.78, 5) is 32.6. The van der Waals surface area contributed by atoms with Crippen molar-refractivity contribution >= 4 is 17.8 Å². The Morgan fingerprint density at radius 1 is 1.26 bits per heavy atom. The lowest BCUT2D eigenvalue weighted by Crippen LogP contribution is -2.45. The van der Waals surface area contributed by atoms with Gasteiger partial charge in [-0.2, -0.15) is 0 Å². The van der Waals surface area contributed by atoms with Crippen LogP contribution in [0.15, 0.2) is 0 Å². The maximum atomic E-state index is 11.4. The molecule has 110 valence electrons. The second-order valence-corrected chi connectivity index (χ2v) is 3.91. The Morgan fingerprint density at radius 2 is 1.95 bits per heavy atom. The summed E-state index contributed by atoms with van der Waals surface area (Å²) in [5.74, 6) is -2.61. The molecule has 1 atom stereocenters. The summed E-state index contributed by atoms with van der Waals surface area (Å²) in [5, 5.41) is 22.5. The van der Waals surface area contributed by atoms with Gasteiger partial charge in [0.15, 0.2) is 0 Å². The molecule has 0 aromatic rings. The Labute approximate surface area is 111 Å². The van der Waals surface area contributed by atoms with Crippen LogP contribution in [-0.4, -0.2) is 60.9 Å². The third-order valence-electron chi connectivity index (χ3n) is 2.29. The highest BCUT2D eigenvalue weighted by Crippen LogP contribution is 2.01. The Balaban J connectivity index is 3.94. The van der Waals surface area contributed by atoms with Gasteiger partial charge in [-0.25, -0.2) is 4.79 Å². The van der Waals surface area contributed by atoms with Crippen LogP contribution in [0.5, 0.6) is 0 Å².